The summed E-state index contributed by atoms with van der Waals surface area (Å²) >= 11 is 8.30. The summed E-state index contributed by atoms with van der Waals surface area (Å²) < 4.78 is 1.83. The van der Waals surface area contributed by atoms with Crippen molar-refractivity contribution in [2.45, 2.75) is 6.42 Å². The van der Waals surface area contributed by atoms with E-state index in [2.05, 4.69) is 54.3 Å². The van der Waals surface area contributed by atoms with E-state index in [-0.39, 0.29) is 5.91 Å². The van der Waals surface area contributed by atoms with Gasteiger partial charge in [0.05, 0.1) is 5.56 Å². The number of carbonyl (C=O) groups excluding carboxylic acids is 1. The summed E-state index contributed by atoms with van der Waals surface area (Å²) in [7, 11) is 0. The smallest absolute Gasteiger partial charge is 0.258 e. The van der Waals surface area contributed by atoms with Crippen LogP contribution in [-0.4, -0.2) is 10.9 Å². The Labute approximate surface area is 155 Å². The number of hydrogen-bond acceptors (Lipinski definition) is 3. The van der Waals surface area contributed by atoms with Gasteiger partial charge in [-0.2, -0.15) is 0 Å². The van der Waals surface area contributed by atoms with Gasteiger partial charge in [0.1, 0.15) is 0 Å². The number of thiazole rings is 1. The van der Waals surface area contributed by atoms with Crippen LogP contribution in [0.3, 0.4) is 0 Å². The largest absolute Gasteiger partial charge is 0.298 e. The van der Waals surface area contributed by atoms with E-state index in [1.54, 1.807) is 6.07 Å². The third-order valence-corrected chi connectivity index (χ3v) is 5.32. The lowest BCUT2D eigenvalue weighted by Gasteiger charge is -2.03. The highest BCUT2D eigenvalue weighted by atomic mass is 79.9. The molecule has 0 aliphatic rings. The Morgan fingerprint density at radius 1 is 1.09 bits per heavy atom. The minimum Gasteiger partial charge on any atom is -0.298 e. The molecule has 23 heavy (non-hydrogen) atoms. The van der Waals surface area contributed by atoms with Crippen molar-refractivity contribution in [2.75, 3.05) is 5.32 Å². The molecule has 6 heteroatoms. The molecule has 0 saturated heterocycles. The van der Waals surface area contributed by atoms with Gasteiger partial charge < -0.3 is 0 Å². The van der Waals surface area contributed by atoms with Crippen LogP contribution in [0.25, 0.3) is 0 Å². The quantitative estimate of drug-likeness (QED) is 0.568. The fourth-order valence-corrected chi connectivity index (χ4v) is 3.63. The van der Waals surface area contributed by atoms with Gasteiger partial charge in [-0.05, 0) is 45.8 Å². The fourth-order valence-electron chi connectivity index (χ4n) is 2.06. The fraction of sp³-hybridized carbons (Fsp3) is 0.0588. The van der Waals surface area contributed by atoms with E-state index < -0.39 is 0 Å². The highest BCUT2D eigenvalue weighted by Crippen LogP contribution is 2.24. The van der Waals surface area contributed by atoms with Crippen molar-refractivity contribution >= 4 is 54.2 Å². The Hall–Kier alpha value is -1.50. The first kappa shape index (κ1) is 16.4. The molecule has 1 amide bonds. The van der Waals surface area contributed by atoms with E-state index in [9.17, 15) is 4.79 Å². The number of halogens is 2. The molecule has 3 rings (SSSR count). The number of carbonyl (C=O) groups is 1. The summed E-state index contributed by atoms with van der Waals surface area (Å²) in [6, 6.07) is 15.5. The lowest BCUT2D eigenvalue weighted by Crippen LogP contribution is -2.12. The number of benzene rings is 2. The average Bonchev–Trinajstić information content (AvgIpc) is 2.97. The molecule has 3 aromatic rings. The zero-order valence-electron chi connectivity index (χ0n) is 11.9. The van der Waals surface area contributed by atoms with Crippen LogP contribution in [0.2, 0.25) is 0 Å². The van der Waals surface area contributed by atoms with Gasteiger partial charge in [0.2, 0.25) is 0 Å². The van der Waals surface area contributed by atoms with E-state index in [1.807, 2.05) is 36.5 Å². The maximum Gasteiger partial charge on any atom is 0.258 e. The zero-order valence-corrected chi connectivity index (χ0v) is 15.9. The van der Waals surface area contributed by atoms with Crippen molar-refractivity contribution in [1.29, 1.82) is 0 Å². The van der Waals surface area contributed by atoms with Crippen LogP contribution in [0.1, 0.15) is 20.8 Å². The molecule has 0 atom stereocenters. The van der Waals surface area contributed by atoms with Crippen molar-refractivity contribution in [2.24, 2.45) is 0 Å². The molecule has 3 nitrogen and oxygen atoms in total. The SMILES string of the molecule is O=C(Nc1ncc(Cc2ccc(Br)cc2)s1)c1ccccc1Br. The van der Waals surface area contributed by atoms with Gasteiger partial charge in [-0.3, -0.25) is 10.1 Å². The van der Waals surface area contributed by atoms with Gasteiger partial charge in [0, 0.05) is 26.4 Å². The van der Waals surface area contributed by atoms with Crippen LogP contribution in [0.5, 0.6) is 0 Å². The minimum atomic E-state index is -0.165. The molecule has 0 aliphatic heterocycles. The molecule has 1 N–H and O–H groups in total. The van der Waals surface area contributed by atoms with E-state index in [0.29, 0.717) is 10.7 Å². The first-order chi connectivity index (χ1) is 11.1. The molecule has 116 valence electrons. The molecule has 0 fully saturated rings. The van der Waals surface area contributed by atoms with Crippen LogP contribution < -0.4 is 5.32 Å². The van der Waals surface area contributed by atoms with E-state index in [0.717, 1.165) is 20.2 Å². The number of anilines is 1. The molecular weight excluding hydrogens is 440 g/mol. The van der Waals surface area contributed by atoms with E-state index in [1.165, 1.54) is 16.9 Å². The summed E-state index contributed by atoms with van der Waals surface area (Å²) in [5.41, 5.74) is 1.80. The topological polar surface area (TPSA) is 42.0 Å². The first-order valence-electron chi connectivity index (χ1n) is 6.87. The molecule has 0 radical (unpaired) electrons. The third-order valence-electron chi connectivity index (χ3n) is 3.18. The molecule has 0 bridgehead atoms. The molecule has 0 unspecified atom stereocenters. The molecule has 1 aromatic heterocycles. The van der Waals surface area contributed by atoms with Gasteiger partial charge in [-0.25, -0.2) is 4.98 Å². The standard InChI is InChI=1S/C17H12Br2N2OS/c18-12-7-5-11(6-8-12)9-13-10-20-17(23-13)21-16(22)14-3-1-2-4-15(14)19/h1-8,10H,9H2,(H,20,21,22). The van der Waals surface area contributed by atoms with Gasteiger partial charge in [0.15, 0.2) is 5.13 Å². The highest BCUT2D eigenvalue weighted by molar-refractivity contribution is 9.10. The average molecular weight is 452 g/mol. The van der Waals surface area contributed by atoms with Crippen LogP contribution >= 0.6 is 43.2 Å². The number of rotatable bonds is 4. The Morgan fingerprint density at radius 2 is 1.83 bits per heavy atom. The number of hydrogen-bond donors (Lipinski definition) is 1. The predicted octanol–water partition coefficient (Wildman–Crippen LogP) is 5.51. The second kappa shape index (κ2) is 7.38. The Kier molecular flexibility index (Phi) is 5.25. The summed E-state index contributed by atoms with van der Waals surface area (Å²) in [4.78, 5) is 17.7. The van der Waals surface area contributed by atoms with Gasteiger partial charge in [-0.15, -0.1) is 11.3 Å². The summed E-state index contributed by atoms with van der Waals surface area (Å²) in [5, 5.41) is 3.45. The maximum absolute atomic E-state index is 12.3. The lowest BCUT2D eigenvalue weighted by atomic mass is 10.1. The van der Waals surface area contributed by atoms with Gasteiger partial charge in [0.25, 0.3) is 5.91 Å². The van der Waals surface area contributed by atoms with Gasteiger partial charge in [-0.1, -0.05) is 40.2 Å². The summed E-state index contributed by atoms with van der Waals surface area (Å²) in [6.45, 7) is 0. The number of amides is 1. The molecule has 0 saturated carbocycles. The Bertz CT molecular complexity index is 831. The Morgan fingerprint density at radius 3 is 2.57 bits per heavy atom. The first-order valence-corrected chi connectivity index (χ1v) is 9.27. The second-order valence-corrected chi connectivity index (χ2v) is 7.75. The number of aromatic nitrogens is 1. The van der Waals surface area contributed by atoms with E-state index >= 15 is 0 Å². The second-order valence-electron chi connectivity index (χ2n) is 4.87. The van der Waals surface area contributed by atoms with Crippen molar-refractivity contribution in [3.05, 3.63) is 79.7 Å². The van der Waals surface area contributed by atoms with E-state index in [4.69, 9.17) is 0 Å². The molecule has 0 aliphatic carbocycles. The van der Waals surface area contributed by atoms with Crippen LogP contribution in [0, 0.1) is 0 Å². The lowest BCUT2D eigenvalue weighted by molar-refractivity contribution is 0.102. The summed E-state index contributed by atoms with van der Waals surface area (Å²) in [6.07, 6.45) is 2.61. The van der Waals surface area contributed by atoms with Gasteiger partial charge >= 0.3 is 0 Å². The predicted molar refractivity (Wildman–Crippen MR) is 101 cm³/mol. The maximum atomic E-state index is 12.3. The molecule has 1 heterocycles. The summed E-state index contributed by atoms with van der Waals surface area (Å²) in [5.74, 6) is -0.165. The van der Waals surface area contributed by atoms with Crippen molar-refractivity contribution < 1.29 is 4.79 Å². The van der Waals surface area contributed by atoms with Crippen LogP contribution in [-0.2, 0) is 6.42 Å². The van der Waals surface area contributed by atoms with Crippen molar-refractivity contribution in [3.63, 3.8) is 0 Å². The van der Waals surface area contributed by atoms with Crippen molar-refractivity contribution in [3.8, 4) is 0 Å². The number of nitrogens with zero attached hydrogens (tertiary/aromatic N) is 1. The minimum absolute atomic E-state index is 0.165. The third kappa shape index (κ3) is 4.28. The van der Waals surface area contributed by atoms with Crippen LogP contribution in [0.4, 0.5) is 5.13 Å². The molecule has 2 aromatic carbocycles. The van der Waals surface area contributed by atoms with Crippen LogP contribution in [0.15, 0.2) is 63.7 Å². The highest BCUT2D eigenvalue weighted by Gasteiger charge is 2.11. The molecular formula is C17H12Br2N2OS. The molecule has 0 spiro atoms. The zero-order chi connectivity index (χ0) is 16.2. The monoisotopic (exact) mass is 450 g/mol. The normalized spacial score (nSPS) is 10.5. The Balaban J connectivity index is 1.69. The van der Waals surface area contributed by atoms with Crippen molar-refractivity contribution in [1.82, 2.24) is 4.98 Å². The number of nitrogens with one attached hydrogen (secondary N) is 1.